The van der Waals surface area contributed by atoms with Crippen LogP contribution in [0, 0.1) is 0 Å². The first-order valence-corrected chi connectivity index (χ1v) is 34.0. The van der Waals surface area contributed by atoms with Gasteiger partial charge in [-0.1, -0.05) is 308 Å². The summed E-state index contributed by atoms with van der Waals surface area (Å²) in [4.78, 5) is 37.4. The number of unbranched alkanes of at least 4 members (excludes halogenated alkanes) is 45. The van der Waals surface area contributed by atoms with Gasteiger partial charge < -0.3 is 33.3 Å². The summed E-state index contributed by atoms with van der Waals surface area (Å²) in [5, 5.41) is 11.8. The number of quaternary nitrogens is 1. The van der Waals surface area contributed by atoms with Crippen molar-refractivity contribution in [3.8, 4) is 0 Å². The van der Waals surface area contributed by atoms with Gasteiger partial charge in [-0.15, -0.1) is 0 Å². The van der Waals surface area contributed by atoms with Gasteiger partial charge in [0, 0.05) is 12.8 Å². The highest BCUT2D eigenvalue weighted by Crippen LogP contribution is 2.19. The van der Waals surface area contributed by atoms with E-state index >= 15 is 0 Å². The molecule has 2 atom stereocenters. The summed E-state index contributed by atoms with van der Waals surface area (Å²) >= 11 is 0. The molecule has 0 amide bonds. The first kappa shape index (κ1) is 75.8. The maximum absolute atomic E-state index is 12.9. The van der Waals surface area contributed by atoms with Crippen molar-refractivity contribution in [2.45, 2.75) is 354 Å². The van der Waals surface area contributed by atoms with Crippen LogP contribution in [-0.4, -0.2) is 82.3 Å². The summed E-state index contributed by atoms with van der Waals surface area (Å²) < 4.78 is 22.8. The van der Waals surface area contributed by atoms with E-state index in [2.05, 4.69) is 38.2 Å². The molecule has 0 radical (unpaired) electrons. The molecular weight excluding hydrogens is 971 g/mol. The fourth-order valence-corrected chi connectivity index (χ4v) is 10.2. The van der Waals surface area contributed by atoms with E-state index in [0.717, 1.165) is 44.9 Å². The second-order valence-electron chi connectivity index (χ2n) is 24.5. The Kier molecular flexibility index (Phi) is 59.1. The standard InChI is InChI=1S/C69H131NO8/c1-6-8-10-12-14-16-18-20-22-24-25-26-27-28-29-30-31-32-33-34-35-36-37-38-39-40-41-42-43-44-46-48-50-52-54-56-58-60-67(72)78-65(64-77-69(68(73)74)75-62-61-70(3,4)5)63-76-66(71)59-57-55-53-51-49-47-45-23-21-19-17-15-13-11-9-7-2/h18,20,24-25,65,69H,6-17,19,21-23,26-64H2,1-5H3/b20-18-,25-24-. The predicted octanol–water partition coefficient (Wildman–Crippen LogP) is 19.3. The van der Waals surface area contributed by atoms with Crippen molar-refractivity contribution < 1.29 is 42.9 Å². The molecule has 0 saturated carbocycles. The van der Waals surface area contributed by atoms with Crippen molar-refractivity contribution in [3.05, 3.63) is 24.3 Å². The highest BCUT2D eigenvalue weighted by atomic mass is 16.7. The molecule has 0 fully saturated rings. The zero-order valence-corrected chi connectivity index (χ0v) is 52.6. The van der Waals surface area contributed by atoms with Crippen molar-refractivity contribution in [1.82, 2.24) is 0 Å². The molecular formula is C69H131NO8. The number of carbonyl (C=O) groups is 3. The molecule has 0 aromatic heterocycles. The van der Waals surface area contributed by atoms with Crippen LogP contribution >= 0.6 is 0 Å². The number of likely N-dealkylation sites (N-methyl/N-ethyl adjacent to an activating group) is 1. The number of carboxylic acids is 1. The minimum atomic E-state index is -1.62. The Bertz CT molecular complexity index is 1330. The molecule has 0 aromatic carbocycles. The van der Waals surface area contributed by atoms with E-state index in [-0.39, 0.29) is 32.2 Å². The highest BCUT2D eigenvalue weighted by Gasteiger charge is 2.22. The summed E-state index contributed by atoms with van der Waals surface area (Å²) in [6, 6.07) is 0. The summed E-state index contributed by atoms with van der Waals surface area (Å²) in [5.74, 6) is -2.25. The van der Waals surface area contributed by atoms with Crippen LogP contribution in [0.4, 0.5) is 0 Å². The largest absolute Gasteiger partial charge is 0.545 e. The molecule has 0 saturated heterocycles. The topological polar surface area (TPSA) is 111 Å². The Morgan fingerprint density at radius 2 is 0.692 bits per heavy atom. The number of hydrogen-bond acceptors (Lipinski definition) is 8. The van der Waals surface area contributed by atoms with Gasteiger partial charge in [0.25, 0.3) is 0 Å². The molecule has 0 spiro atoms. The van der Waals surface area contributed by atoms with Crippen LogP contribution in [0.2, 0.25) is 0 Å². The van der Waals surface area contributed by atoms with E-state index in [4.69, 9.17) is 18.9 Å². The number of aliphatic carboxylic acids is 1. The number of hydrogen-bond donors (Lipinski definition) is 0. The zero-order valence-electron chi connectivity index (χ0n) is 52.6. The lowest BCUT2D eigenvalue weighted by molar-refractivity contribution is -0.870. The Balaban J connectivity index is 3.96. The zero-order chi connectivity index (χ0) is 56.9. The molecule has 460 valence electrons. The molecule has 0 aliphatic heterocycles. The summed E-state index contributed by atoms with van der Waals surface area (Å²) in [7, 11) is 5.94. The first-order chi connectivity index (χ1) is 38.1. The van der Waals surface area contributed by atoms with Crippen LogP contribution < -0.4 is 5.11 Å². The van der Waals surface area contributed by atoms with Crippen LogP contribution in [0.25, 0.3) is 0 Å². The van der Waals surface area contributed by atoms with Crippen LogP contribution in [0.15, 0.2) is 24.3 Å². The fourth-order valence-electron chi connectivity index (χ4n) is 10.2. The first-order valence-electron chi connectivity index (χ1n) is 34.0. The van der Waals surface area contributed by atoms with Crippen molar-refractivity contribution in [2.24, 2.45) is 0 Å². The van der Waals surface area contributed by atoms with Crippen LogP contribution in [-0.2, 0) is 33.3 Å². The van der Waals surface area contributed by atoms with Crippen molar-refractivity contribution in [1.29, 1.82) is 0 Å². The molecule has 0 aromatic rings. The third-order valence-electron chi connectivity index (χ3n) is 15.5. The fraction of sp³-hybridized carbons (Fsp3) is 0.899. The van der Waals surface area contributed by atoms with Crippen molar-refractivity contribution in [2.75, 3.05) is 47.5 Å². The minimum Gasteiger partial charge on any atom is -0.545 e. The molecule has 0 bridgehead atoms. The Morgan fingerprint density at radius 1 is 0.385 bits per heavy atom. The van der Waals surface area contributed by atoms with Gasteiger partial charge in [-0.05, 0) is 44.9 Å². The van der Waals surface area contributed by atoms with Gasteiger partial charge in [-0.25, -0.2) is 0 Å². The summed E-state index contributed by atoms with van der Waals surface area (Å²) in [5.41, 5.74) is 0. The predicted molar refractivity (Wildman–Crippen MR) is 330 cm³/mol. The molecule has 0 N–H and O–H groups in total. The number of ether oxygens (including phenoxy) is 4. The second kappa shape index (κ2) is 60.9. The summed E-state index contributed by atoms with van der Waals surface area (Å²) in [6.45, 7) is 4.80. The maximum atomic E-state index is 12.9. The molecule has 9 nitrogen and oxygen atoms in total. The van der Waals surface area contributed by atoms with Gasteiger partial charge in [0.1, 0.15) is 13.2 Å². The lowest BCUT2D eigenvalue weighted by atomic mass is 10.0. The molecule has 9 heteroatoms. The molecule has 78 heavy (non-hydrogen) atoms. The Labute approximate surface area is 484 Å². The van der Waals surface area contributed by atoms with Crippen molar-refractivity contribution >= 4 is 17.9 Å². The normalized spacial score (nSPS) is 12.8. The summed E-state index contributed by atoms with van der Waals surface area (Å²) in [6.07, 6.45) is 71.3. The molecule has 0 heterocycles. The smallest absolute Gasteiger partial charge is 0.306 e. The van der Waals surface area contributed by atoms with Gasteiger partial charge in [-0.3, -0.25) is 9.59 Å². The van der Waals surface area contributed by atoms with Crippen LogP contribution in [0.1, 0.15) is 341 Å². The molecule has 0 aliphatic carbocycles. The van der Waals surface area contributed by atoms with Crippen LogP contribution in [0.3, 0.4) is 0 Å². The van der Waals surface area contributed by atoms with Gasteiger partial charge in [-0.2, -0.15) is 0 Å². The quantitative estimate of drug-likeness (QED) is 0.0195. The minimum absolute atomic E-state index is 0.152. The van der Waals surface area contributed by atoms with E-state index in [1.165, 1.54) is 270 Å². The van der Waals surface area contributed by atoms with Crippen molar-refractivity contribution in [3.63, 3.8) is 0 Å². The van der Waals surface area contributed by atoms with E-state index in [9.17, 15) is 19.5 Å². The maximum Gasteiger partial charge on any atom is 0.306 e. The SMILES string of the molecule is CCCCCCC/C=C\C/C=C\CCCCCCCCCCCCCCCCCCCCCCCCCCCC(=O)OC(COC(=O)CCCCCCCCCCCCCCCCCC)COC(OCC[N+](C)(C)C)C(=O)[O-]. The Morgan fingerprint density at radius 3 is 1.01 bits per heavy atom. The van der Waals surface area contributed by atoms with Gasteiger partial charge in [0.05, 0.1) is 40.3 Å². The number of carboxylic acid groups (broad SMARTS) is 1. The number of allylic oxidation sites excluding steroid dienone is 4. The average molecular weight is 1100 g/mol. The van der Waals surface area contributed by atoms with Gasteiger partial charge >= 0.3 is 11.9 Å². The van der Waals surface area contributed by atoms with Gasteiger partial charge in [0.2, 0.25) is 0 Å². The van der Waals surface area contributed by atoms with Gasteiger partial charge in [0.15, 0.2) is 12.4 Å². The lowest BCUT2D eigenvalue weighted by Gasteiger charge is -2.26. The van der Waals surface area contributed by atoms with E-state index in [0.29, 0.717) is 17.4 Å². The lowest BCUT2D eigenvalue weighted by Crippen LogP contribution is -2.44. The Hall–Kier alpha value is -2.23. The monoisotopic (exact) mass is 1100 g/mol. The number of nitrogens with zero attached hydrogens (tertiary/aromatic N) is 1. The second-order valence-corrected chi connectivity index (χ2v) is 24.5. The average Bonchev–Trinajstić information content (AvgIpc) is 3.41. The third kappa shape index (κ3) is 61.4. The highest BCUT2D eigenvalue weighted by molar-refractivity contribution is 5.70. The number of rotatable bonds is 64. The third-order valence-corrected chi connectivity index (χ3v) is 15.5. The van der Waals surface area contributed by atoms with Crippen LogP contribution in [0.5, 0.6) is 0 Å². The molecule has 2 unspecified atom stereocenters. The van der Waals surface area contributed by atoms with E-state index in [1.807, 2.05) is 21.1 Å². The molecule has 0 rings (SSSR count). The number of esters is 2. The number of carbonyl (C=O) groups excluding carboxylic acids is 3. The van der Waals surface area contributed by atoms with E-state index < -0.39 is 24.3 Å². The molecule has 0 aliphatic rings. The van der Waals surface area contributed by atoms with E-state index in [1.54, 1.807) is 0 Å².